The first kappa shape index (κ1) is 8.94. The highest BCUT2D eigenvalue weighted by atomic mass is 16.5. The lowest BCUT2D eigenvalue weighted by molar-refractivity contribution is 0.150. The van der Waals surface area contributed by atoms with Crippen LogP contribution in [0.15, 0.2) is 0 Å². The molecule has 0 spiro atoms. The third-order valence-electron chi connectivity index (χ3n) is 0.909. The lowest BCUT2D eigenvalue weighted by Crippen LogP contribution is -2.20. The molecule has 0 aliphatic heterocycles. The molecule has 9 heavy (non-hydrogen) atoms. The number of unbranched alkanes of at least 4 members (excludes halogenated alkanes) is 1. The Morgan fingerprint density at radius 3 is 2.56 bits per heavy atom. The maximum Gasteiger partial charge on any atom is 0.479 e. The third kappa shape index (κ3) is 7.94. The highest BCUT2D eigenvalue weighted by molar-refractivity contribution is 6.40. The molecule has 0 saturated carbocycles. The van der Waals surface area contributed by atoms with Gasteiger partial charge in [0.25, 0.3) is 0 Å². The normalized spacial score (nSPS) is 9.67. The Kier molecular flexibility index (Phi) is 6.03. The number of hydrogen-bond acceptors (Lipinski definition) is 3. The van der Waals surface area contributed by atoms with E-state index in [2.05, 4.69) is 6.92 Å². The van der Waals surface area contributed by atoms with Crippen LogP contribution in [0.1, 0.15) is 19.8 Å². The molecular weight excluding hydrogens is 119 g/mol. The van der Waals surface area contributed by atoms with E-state index in [0.29, 0.717) is 6.61 Å². The van der Waals surface area contributed by atoms with Crippen LogP contribution in [-0.4, -0.2) is 30.3 Å². The summed E-state index contributed by atoms with van der Waals surface area (Å²) >= 11 is 0. The first-order valence-corrected chi connectivity index (χ1v) is 3.21. The molecule has 0 aromatic heterocycles. The van der Waals surface area contributed by atoms with Gasteiger partial charge in [0.2, 0.25) is 0 Å². The summed E-state index contributed by atoms with van der Waals surface area (Å²) in [5, 5.41) is 16.6. The second kappa shape index (κ2) is 6.07. The molecule has 0 amide bonds. The predicted octanol–water partition coefficient (Wildman–Crippen LogP) is -0.185. The SMILES string of the molecule is CCCCOCB(O)O. The van der Waals surface area contributed by atoms with Gasteiger partial charge in [0.15, 0.2) is 0 Å². The van der Waals surface area contributed by atoms with Gasteiger partial charge in [0.05, 0.1) is 6.51 Å². The number of hydrogen-bond donors (Lipinski definition) is 2. The average molecular weight is 132 g/mol. The molecule has 0 bridgehead atoms. The zero-order valence-corrected chi connectivity index (χ0v) is 5.71. The van der Waals surface area contributed by atoms with Crippen LogP contribution in [0.3, 0.4) is 0 Å². The van der Waals surface area contributed by atoms with Gasteiger partial charge in [0, 0.05) is 6.61 Å². The van der Waals surface area contributed by atoms with Crippen molar-refractivity contribution in [3.63, 3.8) is 0 Å². The van der Waals surface area contributed by atoms with E-state index < -0.39 is 7.12 Å². The highest BCUT2D eigenvalue weighted by Gasteiger charge is 2.04. The molecule has 0 fully saturated rings. The lowest BCUT2D eigenvalue weighted by Gasteiger charge is -1.99. The molecule has 2 N–H and O–H groups in total. The van der Waals surface area contributed by atoms with Crippen molar-refractivity contribution in [1.29, 1.82) is 0 Å². The fraction of sp³-hybridized carbons (Fsp3) is 1.00. The minimum Gasteiger partial charge on any atom is -0.426 e. The average Bonchev–Trinajstić information content (AvgIpc) is 1.80. The van der Waals surface area contributed by atoms with Crippen molar-refractivity contribution < 1.29 is 14.8 Å². The Bertz CT molecular complexity index is 58.2. The fourth-order valence-corrected chi connectivity index (χ4v) is 0.435. The van der Waals surface area contributed by atoms with E-state index in [1.54, 1.807) is 0 Å². The summed E-state index contributed by atoms with van der Waals surface area (Å²) in [4.78, 5) is 0. The molecule has 0 aliphatic rings. The topological polar surface area (TPSA) is 49.7 Å². The molecule has 0 aromatic rings. The molecule has 0 saturated heterocycles. The van der Waals surface area contributed by atoms with Gasteiger partial charge in [0.1, 0.15) is 0 Å². The summed E-state index contributed by atoms with van der Waals surface area (Å²) in [6.07, 6.45) is 2.05. The molecule has 0 aliphatic carbocycles. The Morgan fingerprint density at radius 2 is 2.11 bits per heavy atom. The predicted molar refractivity (Wildman–Crippen MR) is 35.9 cm³/mol. The van der Waals surface area contributed by atoms with Crippen molar-refractivity contribution in [2.75, 3.05) is 13.1 Å². The van der Waals surface area contributed by atoms with Gasteiger partial charge in [-0.25, -0.2) is 0 Å². The van der Waals surface area contributed by atoms with Gasteiger partial charge in [-0.05, 0) is 6.42 Å². The maximum atomic E-state index is 8.28. The largest absolute Gasteiger partial charge is 0.479 e. The van der Waals surface area contributed by atoms with Crippen LogP contribution in [0.4, 0.5) is 0 Å². The Balaban J connectivity index is 2.75. The van der Waals surface area contributed by atoms with Gasteiger partial charge in [-0.2, -0.15) is 0 Å². The molecule has 0 rings (SSSR count). The van der Waals surface area contributed by atoms with Crippen molar-refractivity contribution in [2.45, 2.75) is 19.8 Å². The van der Waals surface area contributed by atoms with Crippen molar-refractivity contribution in [1.82, 2.24) is 0 Å². The van der Waals surface area contributed by atoms with Crippen LogP contribution >= 0.6 is 0 Å². The molecule has 0 unspecified atom stereocenters. The van der Waals surface area contributed by atoms with E-state index in [-0.39, 0.29) is 6.51 Å². The minimum atomic E-state index is -1.32. The number of ether oxygens (including phenoxy) is 1. The van der Waals surface area contributed by atoms with Gasteiger partial charge in [-0.15, -0.1) is 0 Å². The number of rotatable bonds is 5. The second-order valence-electron chi connectivity index (χ2n) is 1.91. The van der Waals surface area contributed by atoms with Crippen molar-refractivity contribution in [3.8, 4) is 0 Å². The van der Waals surface area contributed by atoms with E-state index >= 15 is 0 Å². The summed E-state index contributed by atoms with van der Waals surface area (Å²) in [6, 6.07) is 0. The fourth-order valence-electron chi connectivity index (χ4n) is 0.435. The van der Waals surface area contributed by atoms with Gasteiger partial charge < -0.3 is 14.8 Å². The van der Waals surface area contributed by atoms with Crippen molar-refractivity contribution in [2.24, 2.45) is 0 Å². The van der Waals surface area contributed by atoms with Crippen LogP contribution in [0.25, 0.3) is 0 Å². The first-order chi connectivity index (χ1) is 4.27. The molecule has 3 nitrogen and oxygen atoms in total. The van der Waals surface area contributed by atoms with E-state index in [0.717, 1.165) is 12.8 Å². The lowest BCUT2D eigenvalue weighted by atomic mass is 9.95. The van der Waals surface area contributed by atoms with Gasteiger partial charge in [-0.1, -0.05) is 13.3 Å². The summed E-state index contributed by atoms with van der Waals surface area (Å²) in [7, 11) is -1.32. The van der Waals surface area contributed by atoms with Crippen LogP contribution < -0.4 is 0 Å². The molecule has 54 valence electrons. The van der Waals surface area contributed by atoms with Crippen LogP contribution in [0.5, 0.6) is 0 Å². The summed E-state index contributed by atoms with van der Waals surface area (Å²) in [6.45, 7) is 2.70. The van der Waals surface area contributed by atoms with E-state index in [4.69, 9.17) is 14.8 Å². The maximum absolute atomic E-state index is 8.28. The Morgan fingerprint density at radius 1 is 1.44 bits per heavy atom. The first-order valence-electron chi connectivity index (χ1n) is 3.21. The highest BCUT2D eigenvalue weighted by Crippen LogP contribution is 1.86. The van der Waals surface area contributed by atoms with E-state index in [1.165, 1.54) is 0 Å². The molecular formula is C5H13BO3. The molecule has 0 radical (unpaired) electrons. The molecule has 4 heteroatoms. The zero-order chi connectivity index (χ0) is 7.11. The van der Waals surface area contributed by atoms with Gasteiger partial charge >= 0.3 is 7.12 Å². The quantitative estimate of drug-likeness (QED) is 0.402. The Hall–Kier alpha value is -0.0551. The smallest absolute Gasteiger partial charge is 0.426 e. The zero-order valence-electron chi connectivity index (χ0n) is 5.71. The second-order valence-corrected chi connectivity index (χ2v) is 1.91. The van der Waals surface area contributed by atoms with E-state index in [1.807, 2.05) is 0 Å². The standard InChI is InChI=1S/C5H13BO3/c1-2-3-4-9-5-6(7)8/h7-8H,2-5H2,1H3. The molecule has 0 heterocycles. The van der Waals surface area contributed by atoms with E-state index in [9.17, 15) is 0 Å². The third-order valence-corrected chi connectivity index (χ3v) is 0.909. The van der Waals surface area contributed by atoms with Crippen molar-refractivity contribution >= 4 is 7.12 Å². The molecule has 0 aromatic carbocycles. The minimum absolute atomic E-state index is 0.0278. The van der Waals surface area contributed by atoms with Crippen molar-refractivity contribution in [3.05, 3.63) is 0 Å². The summed E-state index contributed by atoms with van der Waals surface area (Å²) in [5.74, 6) is 0. The summed E-state index contributed by atoms with van der Waals surface area (Å²) in [5.41, 5.74) is 0. The Labute approximate surface area is 55.8 Å². The van der Waals surface area contributed by atoms with Gasteiger partial charge in [-0.3, -0.25) is 0 Å². The molecule has 0 atom stereocenters. The van der Waals surface area contributed by atoms with Crippen LogP contribution in [0.2, 0.25) is 0 Å². The monoisotopic (exact) mass is 132 g/mol. The van der Waals surface area contributed by atoms with Crippen LogP contribution in [-0.2, 0) is 4.74 Å². The summed E-state index contributed by atoms with van der Waals surface area (Å²) < 4.78 is 4.84. The van der Waals surface area contributed by atoms with Crippen LogP contribution in [0, 0.1) is 0 Å².